The topological polar surface area (TPSA) is 75.6 Å². The molecular weight excluding hydrogens is 344 g/mol. The van der Waals surface area contributed by atoms with Crippen LogP contribution in [0.25, 0.3) is 0 Å². The Morgan fingerprint density at radius 3 is 2.54 bits per heavy atom. The lowest BCUT2D eigenvalue weighted by Crippen LogP contribution is -2.34. The summed E-state index contributed by atoms with van der Waals surface area (Å²) in [5.41, 5.74) is 1.99. The quantitative estimate of drug-likeness (QED) is 0.755. The molecule has 1 unspecified atom stereocenters. The summed E-state index contributed by atoms with van der Waals surface area (Å²) in [6.07, 6.45) is 0.270. The highest BCUT2D eigenvalue weighted by atomic mass is 19.3. The van der Waals surface area contributed by atoms with E-state index in [0.717, 1.165) is 11.1 Å². The molecule has 1 amide bonds. The Morgan fingerprint density at radius 1 is 1.15 bits per heavy atom. The van der Waals surface area contributed by atoms with E-state index in [4.69, 9.17) is 0 Å². The third-order valence-electron chi connectivity index (χ3n) is 3.74. The summed E-state index contributed by atoms with van der Waals surface area (Å²) in [6.45, 7) is -1.16. The van der Waals surface area contributed by atoms with Gasteiger partial charge in [0.05, 0.1) is 5.92 Å². The number of carboxylic acids is 1. The molecule has 0 saturated carbocycles. The summed E-state index contributed by atoms with van der Waals surface area (Å²) >= 11 is 0. The third-order valence-corrected chi connectivity index (χ3v) is 3.74. The molecule has 0 aliphatic rings. The summed E-state index contributed by atoms with van der Waals surface area (Å²) in [5, 5.41) is 11.9. The van der Waals surface area contributed by atoms with Gasteiger partial charge in [-0.05, 0) is 37.1 Å². The van der Waals surface area contributed by atoms with Crippen molar-refractivity contribution in [1.82, 2.24) is 5.32 Å². The van der Waals surface area contributed by atoms with Crippen LogP contribution in [0.2, 0.25) is 0 Å². The summed E-state index contributed by atoms with van der Waals surface area (Å²) < 4.78 is 28.7. The number of alkyl halides is 2. The largest absolute Gasteiger partial charge is 0.481 e. The highest BCUT2D eigenvalue weighted by Gasteiger charge is 2.20. The van der Waals surface area contributed by atoms with E-state index in [2.05, 4.69) is 10.1 Å². The second-order valence-electron chi connectivity index (χ2n) is 5.84. The monoisotopic (exact) mass is 363 g/mol. The summed E-state index contributed by atoms with van der Waals surface area (Å²) in [4.78, 5) is 23.6. The van der Waals surface area contributed by atoms with Crippen LogP contribution in [0.4, 0.5) is 8.78 Å². The van der Waals surface area contributed by atoms with Crippen molar-refractivity contribution in [2.24, 2.45) is 5.92 Å². The van der Waals surface area contributed by atoms with Crippen molar-refractivity contribution in [3.63, 3.8) is 0 Å². The van der Waals surface area contributed by atoms with Crippen molar-refractivity contribution in [2.75, 3.05) is 6.54 Å². The molecule has 2 aromatic rings. The van der Waals surface area contributed by atoms with Crippen LogP contribution in [0.1, 0.15) is 21.5 Å². The first-order chi connectivity index (χ1) is 12.3. The fraction of sp³-hybridized carbons (Fsp3) is 0.263. The second kappa shape index (κ2) is 8.94. The van der Waals surface area contributed by atoms with Crippen LogP contribution in [0, 0.1) is 12.8 Å². The number of carboxylic acid groups (broad SMARTS) is 1. The van der Waals surface area contributed by atoms with E-state index < -0.39 is 24.4 Å². The van der Waals surface area contributed by atoms with Crippen LogP contribution < -0.4 is 10.1 Å². The van der Waals surface area contributed by atoms with Crippen LogP contribution in [0.5, 0.6) is 5.75 Å². The summed E-state index contributed by atoms with van der Waals surface area (Å²) in [7, 11) is 0. The van der Waals surface area contributed by atoms with Gasteiger partial charge in [-0.1, -0.05) is 35.9 Å². The maximum absolute atomic E-state index is 12.2. The number of hydrogen-bond donors (Lipinski definition) is 2. The fourth-order valence-electron chi connectivity index (χ4n) is 2.50. The first-order valence-electron chi connectivity index (χ1n) is 7.96. The molecule has 1 atom stereocenters. The normalized spacial score (nSPS) is 11.8. The van der Waals surface area contributed by atoms with E-state index in [1.165, 1.54) is 24.3 Å². The fourth-order valence-corrected chi connectivity index (χ4v) is 2.50. The molecule has 0 bridgehead atoms. The average Bonchev–Trinajstić information content (AvgIpc) is 2.57. The standard InChI is InChI=1S/C19H19F2NO4/c1-12-4-2-5-13(8-12)9-15(18(24)25)11-22-17(23)14-6-3-7-16(10-14)26-19(20)21/h2-8,10,15,19H,9,11H2,1H3,(H,22,23)(H,24,25). The molecule has 26 heavy (non-hydrogen) atoms. The number of benzene rings is 2. The maximum atomic E-state index is 12.2. The van der Waals surface area contributed by atoms with Gasteiger partial charge in [0.2, 0.25) is 0 Å². The molecule has 2 aromatic carbocycles. The smallest absolute Gasteiger partial charge is 0.387 e. The van der Waals surface area contributed by atoms with Crippen LogP contribution >= 0.6 is 0 Å². The zero-order chi connectivity index (χ0) is 19.1. The van der Waals surface area contributed by atoms with Crippen LogP contribution in [-0.4, -0.2) is 30.1 Å². The van der Waals surface area contributed by atoms with Crippen molar-refractivity contribution in [3.8, 4) is 5.75 Å². The molecule has 0 spiro atoms. The van der Waals surface area contributed by atoms with Crippen molar-refractivity contribution in [3.05, 3.63) is 65.2 Å². The maximum Gasteiger partial charge on any atom is 0.387 e. The van der Waals surface area contributed by atoms with Gasteiger partial charge in [0, 0.05) is 12.1 Å². The summed E-state index contributed by atoms with van der Waals surface area (Å²) in [6, 6.07) is 12.8. The number of aryl methyl sites for hydroxylation is 1. The molecule has 7 heteroatoms. The number of carbonyl (C=O) groups is 2. The molecule has 0 saturated heterocycles. The lowest BCUT2D eigenvalue weighted by molar-refractivity contribution is -0.141. The number of rotatable bonds is 8. The third kappa shape index (κ3) is 5.84. The molecule has 0 aliphatic heterocycles. The minimum Gasteiger partial charge on any atom is -0.481 e. The Kier molecular flexibility index (Phi) is 6.66. The van der Waals surface area contributed by atoms with Gasteiger partial charge in [0.1, 0.15) is 5.75 Å². The van der Waals surface area contributed by atoms with Crippen molar-refractivity contribution < 1.29 is 28.2 Å². The SMILES string of the molecule is Cc1cccc(CC(CNC(=O)c2cccc(OC(F)F)c2)C(=O)O)c1. The first kappa shape index (κ1) is 19.4. The number of amides is 1. The molecule has 0 fully saturated rings. The molecule has 5 nitrogen and oxygen atoms in total. The van der Waals surface area contributed by atoms with E-state index in [1.54, 1.807) is 0 Å². The lowest BCUT2D eigenvalue weighted by atomic mass is 9.98. The minimum absolute atomic E-state index is 0.0813. The number of aliphatic carboxylic acids is 1. The number of nitrogens with one attached hydrogen (secondary N) is 1. The molecule has 138 valence electrons. The molecule has 2 N–H and O–H groups in total. The Bertz CT molecular complexity index is 780. The number of carbonyl (C=O) groups excluding carboxylic acids is 1. The average molecular weight is 363 g/mol. The van der Waals surface area contributed by atoms with Crippen LogP contribution in [0.15, 0.2) is 48.5 Å². The Balaban J connectivity index is 2.00. The number of hydrogen-bond acceptors (Lipinski definition) is 3. The van der Waals surface area contributed by atoms with E-state index in [1.807, 2.05) is 31.2 Å². The van der Waals surface area contributed by atoms with Gasteiger partial charge >= 0.3 is 12.6 Å². The van der Waals surface area contributed by atoms with Crippen molar-refractivity contribution >= 4 is 11.9 Å². The van der Waals surface area contributed by atoms with Gasteiger partial charge in [-0.25, -0.2) is 0 Å². The Labute approximate surface area is 149 Å². The highest BCUT2D eigenvalue weighted by Crippen LogP contribution is 2.16. The number of ether oxygens (including phenoxy) is 1. The molecular formula is C19H19F2NO4. The van der Waals surface area contributed by atoms with Crippen molar-refractivity contribution in [1.29, 1.82) is 0 Å². The van der Waals surface area contributed by atoms with Gasteiger partial charge in [-0.3, -0.25) is 9.59 Å². The van der Waals surface area contributed by atoms with Gasteiger partial charge in [-0.2, -0.15) is 8.78 Å². The molecule has 0 radical (unpaired) electrons. The minimum atomic E-state index is -2.99. The second-order valence-corrected chi connectivity index (χ2v) is 5.84. The highest BCUT2D eigenvalue weighted by molar-refractivity contribution is 5.94. The van der Waals surface area contributed by atoms with E-state index >= 15 is 0 Å². The lowest BCUT2D eigenvalue weighted by Gasteiger charge is -2.14. The summed E-state index contributed by atoms with van der Waals surface area (Å²) in [5.74, 6) is -2.52. The Hall–Kier alpha value is -2.96. The molecule has 0 aliphatic carbocycles. The zero-order valence-electron chi connectivity index (χ0n) is 14.1. The van der Waals surface area contributed by atoms with Crippen LogP contribution in [-0.2, 0) is 11.2 Å². The number of halogens is 2. The van der Waals surface area contributed by atoms with Gasteiger partial charge < -0.3 is 15.2 Å². The van der Waals surface area contributed by atoms with Gasteiger partial charge in [-0.15, -0.1) is 0 Å². The van der Waals surface area contributed by atoms with E-state index in [9.17, 15) is 23.5 Å². The van der Waals surface area contributed by atoms with Crippen molar-refractivity contribution in [2.45, 2.75) is 20.0 Å². The van der Waals surface area contributed by atoms with Crippen LogP contribution in [0.3, 0.4) is 0 Å². The first-order valence-corrected chi connectivity index (χ1v) is 7.96. The Morgan fingerprint density at radius 2 is 1.88 bits per heavy atom. The predicted octanol–water partition coefficient (Wildman–Crippen LogP) is 3.27. The molecule has 0 aromatic heterocycles. The van der Waals surface area contributed by atoms with Gasteiger partial charge in [0.25, 0.3) is 5.91 Å². The zero-order valence-corrected chi connectivity index (χ0v) is 14.1. The van der Waals surface area contributed by atoms with E-state index in [-0.39, 0.29) is 24.3 Å². The molecule has 2 rings (SSSR count). The van der Waals surface area contributed by atoms with E-state index in [0.29, 0.717) is 0 Å². The predicted molar refractivity (Wildman–Crippen MR) is 91.4 cm³/mol. The molecule has 0 heterocycles. The van der Waals surface area contributed by atoms with Gasteiger partial charge in [0.15, 0.2) is 0 Å².